The number of amides is 3. The first kappa shape index (κ1) is 22.4. The Balaban J connectivity index is 1.42. The number of urea groups is 1. The fourth-order valence-corrected chi connectivity index (χ4v) is 5.19. The van der Waals surface area contributed by atoms with E-state index >= 15 is 0 Å². The van der Waals surface area contributed by atoms with E-state index in [0.29, 0.717) is 22.1 Å². The van der Waals surface area contributed by atoms with E-state index in [0.717, 1.165) is 5.56 Å². The van der Waals surface area contributed by atoms with Crippen molar-refractivity contribution in [1.82, 2.24) is 9.21 Å². The molecule has 2 N–H and O–H groups in total. The van der Waals surface area contributed by atoms with Crippen LogP contribution in [-0.4, -0.2) is 61.8 Å². The molecular weight excluding hydrogens is 456 g/mol. The Kier molecular flexibility index (Phi) is 6.02. The maximum Gasteiger partial charge on any atom is 0.321 e. The molecule has 0 aliphatic carbocycles. The summed E-state index contributed by atoms with van der Waals surface area (Å²) < 4.78 is 33.0. The minimum absolute atomic E-state index is 0.0576. The van der Waals surface area contributed by atoms with Crippen molar-refractivity contribution < 1.29 is 22.7 Å². The van der Waals surface area contributed by atoms with Gasteiger partial charge < -0.3 is 20.3 Å². The van der Waals surface area contributed by atoms with Gasteiger partial charge in [0.05, 0.1) is 10.6 Å². The minimum atomic E-state index is -3.80. The highest BCUT2D eigenvalue weighted by atomic mass is 35.5. The zero-order chi connectivity index (χ0) is 23.0. The predicted octanol–water partition coefficient (Wildman–Crippen LogP) is 2.91. The number of sulfonamides is 1. The van der Waals surface area contributed by atoms with E-state index in [9.17, 15) is 18.0 Å². The van der Waals surface area contributed by atoms with Gasteiger partial charge in [-0.15, -0.1) is 0 Å². The van der Waals surface area contributed by atoms with Crippen molar-refractivity contribution in [2.24, 2.45) is 0 Å². The summed E-state index contributed by atoms with van der Waals surface area (Å²) in [5.41, 5.74) is 1.70. The molecule has 9 nitrogen and oxygen atoms in total. The van der Waals surface area contributed by atoms with Crippen molar-refractivity contribution in [3.63, 3.8) is 0 Å². The molecule has 3 amide bonds. The third-order valence-electron chi connectivity index (χ3n) is 5.55. The number of piperazine rings is 1. The van der Waals surface area contributed by atoms with Crippen molar-refractivity contribution in [1.29, 1.82) is 0 Å². The molecule has 2 aromatic rings. The molecule has 2 aliphatic rings. The second-order valence-electron chi connectivity index (χ2n) is 7.64. The summed E-state index contributed by atoms with van der Waals surface area (Å²) in [6.07, 6.45) is -0.639. The van der Waals surface area contributed by atoms with E-state index in [1.54, 1.807) is 30.0 Å². The summed E-state index contributed by atoms with van der Waals surface area (Å²) in [7, 11) is -3.80. The maximum absolute atomic E-state index is 13.1. The molecule has 0 radical (unpaired) electrons. The first-order valence-corrected chi connectivity index (χ1v) is 11.9. The molecule has 2 heterocycles. The van der Waals surface area contributed by atoms with Crippen LogP contribution < -0.4 is 15.4 Å². The number of fused-ring (bicyclic) bond motifs is 1. The number of nitrogens with zero attached hydrogens (tertiary/aromatic N) is 2. The minimum Gasteiger partial charge on any atom is -0.479 e. The van der Waals surface area contributed by atoms with Gasteiger partial charge in [-0.05, 0) is 49.7 Å². The van der Waals surface area contributed by atoms with Crippen LogP contribution in [0.4, 0.5) is 16.2 Å². The third-order valence-corrected chi connectivity index (χ3v) is 7.86. The van der Waals surface area contributed by atoms with E-state index in [1.165, 1.54) is 22.5 Å². The van der Waals surface area contributed by atoms with Crippen LogP contribution in [0.25, 0.3) is 0 Å². The number of rotatable bonds is 3. The van der Waals surface area contributed by atoms with Crippen molar-refractivity contribution in [3.05, 3.63) is 47.0 Å². The van der Waals surface area contributed by atoms with Gasteiger partial charge in [0.2, 0.25) is 10.0 Å². The van der Waals surface area contributed by atoms with Gasteiger partial charge in [0.15, 0.2) is 6.10 Å². The smallest absolute Gasteiger partial charge is 0.321 e. The van der Waals surface area contributed by atoms with E-state index in [2.05, 4.69) is 10.6 Å². The van der Waals surface area contributed by atoms with Crippen LogP contribution in [0.1, 0.15) is 12.5 Å². The molecule has 1 saturated heterocycles. The molecule has 1 atom stereocenters. The van der Waals surface area contributed by atoms with Crippen LogP contribution in [0.5, 0.6) is 5.75 Å². The van der Waals surface area contributed by atoms with Crippen LogP contribution in [0.2, 0.25) is 5.02 Å². The lowest BCUT2D eigenvalue weighted by atomic mass is 10.2. The number of halogens is 1. The van der Waals surface area contributed by atoms with Gasteiger partial charge in [0.25, 0.3) is 5.91 Å². The summed E-state index contributed by atoms with van der Waals surface area (Å²) in [5, 5.41) is 6.04. The van der Waals surface area contributed by atoms with Crippen molar-refractivity contribution in [2.45, 2.75) is 24.8 Å². The third kappa shape index (κ3) is 4.25. The predicted molar refractivity (Wildman–Crippen MR) is 121 cm³/mol. The second kappa shape index (κ2) is 8.61. The van der Waals surface area contributed by atoms with Gasteiger partial charge in [0.1, 0.15) is 5.75 Å². The second-order valence-corrected chi connectivity index (χ2v) is 9.99. The van der Waals surface area contributed by atoms with Crippen LogP contribution >= 0.6 is 11.6 Å². The Morgan fingerprint density at radius 1 is 1.19 bits per heavy atom. The summed E-state index contributed by atoms with van der Waals surface area (Å²) in [5.74, 6) is 0.0930. The molecule has 0 saturated carbocycles. The first-order valence-electron chi connectivity index (χ1n) is 10.1. The molecule has 4 rings (SSSR count). The SMILES string of the molecule is Cc1c(Cl)cccc1NC(=O)N1CCN(S(=O)(=O)c2ccc3c(c2)NC(=O)C(C)O3)CC1. The molecule has 2 aromatic carbocycles. The van der Waals surface area contributed by atoms with Crippen LogP contribution in [-0.2, 0) is 14.8 Å². The molecule has 0 spiro atoms. The molecular formula is C21H23ClN4O5S. The molecule has 2 aliphatic heterocycles. The molecule has 32 heavy (non-hydrogen) atoms. The number of carbonyl (C=O) groups excluding carboxylic acids is 2. The average molecular weight is 479 g/mol. The largest absolute Gasteiger partial charge is 0.479 e. The van der Waals surface area contributed by atoms with Crippen LogP contribution in [0, 0.1) is 6.92 Å². The van der Waals surface area contributed by atoms with Gasteiger partial charge in [-0.25, -0.2) is 13.2 Å². The number of ether oxygens (including phenoxy) is 1. The van der Waals surface area contributed by atoms with Gasteiger partial charge in [-0.2, -0.15) is 4.31 Å². The van der Waals surface area contributed by atoms with Gasteiger partial charge in [0, 0.05) is 36.9 Å². The molecule has 1 unspecified atom stereocenters. The number of nitrogens with one attached hydrogen (secondary N) is 2. The van der Waals surface area contributed by atoms with Crippen molar-refractivity contribution in [2.75, 3.05) is 36.8 Å². The normalized spacial score (nSPS) is 19.0. The Morgan fingerprint density at radius 2 is 1.91 bits per heavy atom. The van der Waals surface area contributed by atoms with E-state index < -0.39 is 16.1 Å². The van der Waals surface area contributed by atoms with Crippen molar-refractivity contribution >= 4 is 44.9 Å². The number of carbonyl (C=O) groups is 2. The highest BCUT2D eigenvalue weighted by Gasteiger charge is 2.32. The standard InChI is InChI=1S/C21H23ClN4O5S/c1-13-16(22)4-3-5-17(13)24-21(28)25-8-10-26(11-9-25)32(29,30)15-6-7-19-18(12-15)23-20(27)14(2)31-19/h3-7,12,14H,8-11H2,1-2H3,(H,23,27)(H,24,28). The lowest BCUT2D eigenvalue weighted by Crippen LogP contribution is -2.51. The van der Waals surface area contributed by atoms with Gasteiger partial charge in [-0.1, -0.05) is 17.7 Å². The summed E-state index contributed by atoms with van der Waals surface area (Å²) in [6.45, 7) is 4.23. The Morgan fingerprint density at radius 3 is 2.62 bits per heavy atom. The zero-order valence-corrected chi connectivity index (χ0v) is 19.2. The van der Waals surface area contributed by atoms with Gasteiger partial charge >= 0.3 is 6.03 Å². The summed E-state index contributed by atoms with van der Waals surface area (Å²) >= 11 is 6.10. The quantitative estimate of drug-likeness (QED) is 0.705. The lowest BCUT2D eigenvalue weighted by Gasteiger charge is -2.34. The molecule has 0 bridgehead atoms. The monoisotopic (exact) mass is 478 g/mol. The fraction of sp³-hybridized carbons (Fsp3) is 0.333. The molecule has 170 valence electrons. The van der Waals surface area contributed by atoms with Crippen LogP contribution in [0.3, 0.4) is 0 Å². The Hall–Kier alpha value is -2.82. The molecule has 1 fully saturated rings. The van der Waals surface area contributed by atoms with Gasteiger partial charge in [-0.3, -0.25) is 4.79 Å². The van der Waals surface area contributed by atoms with E-state index in [1.807, 2.05) is 6.92 Å². The number of anilines is 2. The van der Waals surface area contributed by atoms with E-state index in [-0.39, 0.29) is 43.0 Å². The molecule has 11 heteroatoms. The Bertz CT molecular complexity index is 1180. The lowest BCUT2D eigenvalue weighted by molar-refractivity contribution is -0.122. The summed E-state index contributed by atoms with van der Waals surface area (Å²) in [6, 6.07) is 9.34. The number of hydrogen-bond acceptors (Lipinski definition) is 5. The highest BCUT2D eigenvalue weighted by Crippen LogP contribution is 2.33. The van der Waals surface area contributed by atoms with E-state index in [4.69, 9.17) is 16.3 Å². The Labute approximate surface area is 191 Å². The summed E-state index contributed by atoms with van der Waals surface area (Å²) in [4.78, 5) is 26.1. The number of hydrogen-bond donors (Lipinski definition) is 2. The number of benzene rings is 2. The molecule has 0 aromatic heterocycles. The highest BCUT2D eigenvalue weighted by molar-refractivity contribution is 7.89. The van der Waals surface area contributed by atoms with Crippen molar-refractivity contribution in [3.8, 4) is 5.75 Å². The topological polar surface area (TPSA) is 108 Å². The fourth-order valence-electron chi connectivity index (χ4n) is 3.57. The first-order chi connectivity index (χ1) is 15.2. The van der Waals surface area contributed by atoms with Crippen LogP contribution in [0.15, 0.2) is 41.3 Å². The zero-order valence-electron chi connectivity index (χ0n) is 17.6. The maximum atomic E-state index is 13.1. The average Bonchev–Trinajstić information content (AvgIpc) is 2.77.